The molecule has 0 aliphatic carbocycles. The number of aromatic nitrogens is 1. The van der Waals surface area contributed by atoms with Crippen LogP contribution in [0.1, 0.15) is 12.1 Å². The van der Waals surface area contributed by atoms with Gasteiger partial charge >= 0.3 is 0 Å². The van der Waals surface area contributed by atoms with Gasteiger partial charge in [-0.1, -0.05) is 0 Å². The van der Waals surface area contributed by atoms with Crippen LogP contribution in [0.15, 0.2) is 24.3 Å². The molecular weight excluding hydrogens is 278 g/mol. The molecule has 0 saturated carbocycles. The van der Waals surface area contributed by atoms with E-state index >= 15 is 0 Å². The average Bonchev–Trinajstić information content (AvgIpc) is 2.75. The number of aromatic amines is 1. The van der Waals surface area contributed by atoms with Crippen LogP contribution in [0.4, 0.5) is 5.69 Å². The molecule has 0 aliphatic heterocycles. The molecule has 0 bridgehead atoms. The number of benzene rings is 1. The number of hydrogen-bond donors (Lipinski definition) is 3. The summed E-state index contributed by atoms with van der Waals surface area (Å²) in [5, 5.41) is 3.93. The fourth-order valence-corrected chi connectivity index (χ4v) is 2.04. The van der Waals surface area contributed by atoms with Gasteiger partial charge in [-0.3, -0.25) is 4.79 Å². The van der Waals surface area contributed by atoms with Gasteiger partial charge in [0.25, 0.3) is 0 Å². The van der Waals surface area contributed by atoms with E-state index in [-0.39, 0.29) is 30.8 Å². The molecule has 1 heterocycles. The van der Waals surface area contributed by atoms with E-state index in [2.05, 4.69) is 10.3 Å². The minimum Gasteiger partial charge on any atom is -0.380 e. The van der Waals surface area contributed by atoms with E-state index in [0.29, 0.717) is 6.54 Å². The Morgan fingerprint density at radius 1 is 1.45 bits per heavy atom. The van der Waals surface area contributed by atoms with Gasteiger partial charge in [0.1, 0.15) is 0 Å². The Balaban J connectivity index is 0.00000200. The first-order chi connectivity index (χ1) is 9.12. The summed E-state index contributed by atoms with van der Waals surface area (Å²) in [4.78, 5) is 15.1. The molecule has 1 amide bonds. The highest BCUT2D eigenvalue weighted by atomic mass is 35.5. The van der Waals surface area contributed by atoms with Crippen molar-refractivity contribution in [1.29, 1.82) is 0 Å². The van der Waals surface area contributed by atoms with Gasteiger partial charge in [-0.05, 0) is 31.2 Å². The molecule has 110 valence electrons. The lowest BCUT2D eigenvalue weighted by Gasteiger charge is -2.12. The number of H-pyrrole nitrogens is 1. The van der Waals surface area contributed by atoms with Crippen molar-refractivity contribution in [2.24, 2.45) is 5.73 Å². The molecule has 1 atom stereocenters. The Hall–Kier alpha value is -1.56. The fourth-order valence-electron chi connectivity index (χ4n) is 2.04. The largest absolute Gasteiger partial charge is 0.380 e. The molecule has 0 saturated heterocycles. The molecule has 6 heteroatoms. The molecule has 5 nitrogen and oxygen atoms in total. The van der Waals surface area contributed by atoms with Crippen LogP contribution < -0.4 is 11.1 Å². The van der Waals surface area contributed by atoms with E-state index in [1.54, 1.807) is 7.11 Å². The molecule has 0 fully saturated rings. The highest BCUT2D eigenvalue weighted by Gasteiger charge is 2.11. The summed E-state index contributed by atoms with van der Waals surface area (Å²) in [6.07, 6.45) is 0.0234. The summed E-state index contributed by atoms with van der Waals surface area (Å²) in [6, 6.07) is 7.82. The number of rotatable bonds is 5. The highest BCUT2D eigenvalue weighted by Crippen LogP contribution is 2.20. The van der Waals surface area contributed by atoms with E-state index in [1.807, 2.05) is 31.2 Å². The smallest absolute Gasteiger partial charge is 0.227 e. The van der Waals surface area contributed by atoms with Gasteiger partial charge in [0.2, 0.25) is 5.91 Å². The van der Waals surface area contributed by atoms with Gasteiger partial charge in [0, 0.05) is 35.9 Å². The van der Waals surface area contributed by atoms with Gasteiger partial charge in [-0.25, -0.2) is 0 Å². The molecule has 1 aromatic carbocycles. The van der Waals surface area contributed by atoms with Gasteiger partial charge < -0.3 is 20.8 Å². The van der Waals surface area contributed by atoms with Crippen LogP contribution in [0.5, 0.6) is 0 Å². The summed E-state index contributed by atoms with van der Waals surface area (Å²) >= 11 is 0. The Kier molecular flexibility index (Phi) is 6.01. The number of nitrogens with two attached hydrogens (primary N) is 1. The van der Waals surface area contributed by atoms with E-state index in [1.165, 1.54) is 0 Å². The average molecular weight is 298 g/mol. The molecule has 0 aliphatic rings. The van der Waals surface area contributed by atoms with E-state index in [4.69, 9.17) is 10.5 Å². The second-order valence-electron chi connectivity index (χ2n) is 4.60. The summed E-state index contributed by atoms with van der Waals surface area (Å²) in [5.74, 6) is -0.0936. The SMILES string of the molecule is COC(CN)CC(=O)Nc1ccc2[nH]c(C)cc2c1.Cl. The minimum absolute atomic E-state index is 0. The number of aryl methyl sites for hydroxylation is 1. The number of amides is 1. The number of halogens is 1. The molecule has 2 rings (SSSR count). The van der Waals surface area contributed by atoms with Gasteiger partial charge in [-0.2, -0.15) is 0 Å². The number of carbonyl (C=O) groups excluding carboxylic acids is 1. The molecule has 2 aromatic rings. The van der Waals surface area contributed by atoms with Crippen molar-refractivity contribution in [3.8, 4) is 0 Å². The molecule has 1 unspecified atom stereocenters. The third-order valence-corrected chi connectivity index (χ3v) is 3.05. The number of anilines is 1. The van der Waals surface area contributed by atoms with Crippen LogP contribution in [0, 0.1) is 6.92 Å². The summed E-state index contributed by atoms with van der Waals surface area (Å²) in [5.41, 5.74) is 8.43. The van der Waals surface area contributed by atoms with E-state index < -0.39 is 0 Å². The number of hydrogen-bond acceptors (Lipinski definition) is 3. The normalized spacial score (nSPS) is 11.9. The van der Waals surface area contributed by atoms with Crippen LogP contribution >= 0.6 is 12.4 Å². The third-order valence-electron chi connectivity index (χ3n) is 3.05. The van der Waals surface area contributed by atoms with E-state index in [9.17, 15) is 4.79 Å². The standard InChI is InChI=1S/C14H19N3O2.ClH/c1-9-5-10-6-11(3-4-13(10)16-9)17-14(18)7-12(8-15)19-2;/h3-6,12,16H,7-8,15H2,1-2H3,(H,17,18);1H. The first kappa shape index (κ1) is 16.5. The second-order valence-corrected chi connectivity index (χ2v) is 4.60. The first-order valence-electron chi connectivity index (χ1n) is 6.24. The van der Waals surface area contributed by atoms with Gasteiger partial charge in [0.15, 0.2) is 0 Å². The minimum atomic E-state index is -0.238. The van der Waals surface area contributed by atoms with Crippen LogP contribution in [0.3, 0.4) is 0 Å². The summed E-state index contributed by atoms with van der Waals surface area (Å²) in [7, 11) is 1.56. The maximum absolute atomic E-state index is 11.8. The Morgan fingerprint density at radius 2 is 2.20 bits per heavy atom. The second kappa shape index (κ2) is 7.28. The highest BCUT2D eigenvalue weighted by molar-refractivity contribution is 5.94. The van der Waals surface area contributed by atoms with Crippen LogP contribution in [-0.2, 0) is 9.53 Å². The Morgan fingerprint density at radius 3 is 2.85 bits per heavy atom. The maximum Gasteiger partial charge on any atom is 0.227 e. The molecule has 0 radical (unpaired) electrons. The molecule has 4 N–H and O–H groups in total. The molecule has 0 spiro atoms. The van der Waals surface area contributed by atoms with Crippen LogP contribution in [0.2, 0.25) is 0 Å². The maximum atomic E-state index is 11.8. The number of nitrogens with one attached hydrogen (secondary N) is 2. The van der Waals surface area contributed by atoms with Crippen LogP contribution in [0.25, 0.3) is 10.9 Å². The zero-order chi connectivity index (χ0) is 13.8. The Bertz CT molecular complexity index is 579. The monoisotopic (exact) mass is 297 g/mol. The predicted octanol–water partition coefficient (Wildman–Crippen LogP) is 2.20. The summed E-state index contributed by atoms with van der Waals surface area (Å²) < 4.78 is 5.09. The van der Waals surface area contributed by atoms with Crippen molar-refractivity contribution in [2.75, 3.05) is 19.0 Å². The van der Waals surface area contributed by atoms with Crippen molar-refractivity contribution in [2.45, 2.75) is 19.4 Å². The summed E-state index contributed by atoms with van der Waals surface area (Å²) in [6.45, 7) is 2.34. The third kappa shape index (κ3) is 3.96. The predicted molar refractivity (Wildman–Crippen MR) is 83.4 cm³/mol. The molecule has 1 aromatic heterocycles. The first-order valence-corrected chi connectivity index (χ1v) is 6.24. The van der Waals surface area contributed by atoms with Crippen molar-refractivity contribution < 1.29 is 9.53 Å². The topological polar surface area (TPSA) is 80.1 Å². The molecular formula is C14H20ClN3O2. The number of ether oxygens (including phenoxy) is 1. The zero-order valence-corrected chi connectivity index (χ0v) is 12.4. The van der Waals surface area contributed by atoms with Gasteiger partial charge in [-0.15, -0.1) is 12.4 Å². The van der Waals surface area contributed by atoms with Crippen molar-refractivity contribution in [1.82, 2.24) is 4.98 Å². The molecule has 20 heavy (non-hydrogen) atoms. The Labute approximate surface area is 124 Å². The van der Waals surface area contributed by atoms with E-state index in [0.717, 1.165) is 22.3 Å². The lowest BCUT2D eigenvalue weighted by molar-refractivity contribution is -0.118. The van der Waals surface area contributed by atoms with Crippen molar-refractivity contribution >= 4 is 34.9 Å². The zero-order valence-electron chi connectivity index (χ0n) is 11.6. The lowest BCUT2D eigenvalue weighted by atomic mass is 10.2. The lowest BCUT2D eigenvalue weighted by Crippen LogP contribution is -2.28. The van der Waals surface area contributed by atoms with Crippen molar-refractivity contribution in [3.63, 3.8) is 0 Å². The number of fused-ring (bicyclic) bond motifs is 1. The quantitative estimate of drug-likeness (QED) is 0.791. The van der Waals surface area contributed by atoms with Crippen molar-refractivity contribution in [3.05, 3.63) is 30.0 Å². The number of methoxy groups -OCH3 is 1. The fraction of sp³-hybridized carbons (Fsp3) is 0.357. The number of carbonyl (C=O) groups is 1. The van der Waals surface area contributed by atoms with Gasteiger partial charge in [0.05, 0.1) is 12.5 Å². The van der Waals surface area contributed by atoms with Crippen LogP contribution in [-0.4, -0.2) is 30.6 Å².